The van der Waals surface area contributed by atoms with Crippen molar-refractivity contribution in [3.05, 3.63) is 0 Å². The quantitative estimate of drug-likeness (QED) is 0.765. The van der Waals surface area contributed by atoms with Crippen molar-refractivity contribution in [1.29, 1.82) is 0 Å². The van der Waals surface area contributed by atoms with Gasteiger partial charge < -0.3 is 10.2 Å². The second-order valence-electron chi connectivity index (χ2n) is 5.48. The zero-order valence-electron chi connectivity index (χ0n) is 10.2. The van der Waals surface area contributed by atoms with E-state index in [0.29, 0.717) is 0 Å². The van der Waals surface area contributed by atoms with E-state index in [4.69, 9.17) is 0 Å². The van der Waals surface area contributed by atoms with E-state index in [0.717, 1.165) is 12.0 Å². The molecule has 1 aliphatic heterocycles. The number of nitrogens with zero attached hydrogens (tertiary/aromatic N) is 1. The first-order chi connectivity index (χ1) is 7.34. The molecule has 2 heteroatoms. The molecule has 2 aliphatic rings. The molecule has 0 aromatic rings. The highest BCUT2D eigenvalue weighted by Crippen LogP contribution is 2.18. The Kier molecular flexibility index (Phi) is 4.45. The van der Waals surface area contributed by atoms with Gasteiger partial charge in [-0.1, -0.05) is 19.8 Å². The maximum absolute atomic E-state index is 3.70. The third-order valence-electron chi connectivity index (χ3n) is 3.96. The van der Waals surface area contributed by atoms with E-state index < -0.39 is 0 Å². The summed E-state index contributed by atoms with van der Waals surface area (Å²) in [5.74, 6) is 0.922. The smallest absolute Gasteiger partial charge is 0.0107 e. The van der Waals surface area contributed by atoms with Crippen LogP contribution in [0.2, 0.25) is 0 Å². The van der Waals surface area contributed by atoms with Crippen LogP contribution in [0.4, 0.5) is 0 Å². The zero-order chi connectivity index (χ0) is 10.5. The van der Waals surface area contributed by atoms with Gasteiger partial charge in [0.05, 0.1) is 0 Å². The van der Waals surface area contributed by atoms with Crippen molar-refractivity contribution in [3.63, 3.8) is 0 Å². The molecule has 1 heterocycles. The van der Waals surface area contributed by atoms with Gasteiger partial charge in [-0.2, -0.15) is 0 Å². The van der Waals surface area contributed by atoms with Crippen LogP contribution in [0.3, 0.4) is 0 Å². The Morgan fingerprint density at radius 1 is 1.13 bits per heavy atom. The molecule has 1 atom stereocenters. The fourth-order valence-electron chi connectivity index (χ4n) is 3.05. The van der Waals surface area contributed by atoms with E-state index in [1.54, 1.807) is 0 Å². The average Bonchev–Trinajstić information content (AvgIpc) is 2.71. The van der Waals surface area contributed by atoms with Crippen LogP contribution in [0, 0.1) is 5.92 Å². The fraction of sp³-hybridized carbons (Fsp3) is 1.00. The van der Waals surface area contributed by atoms with E-state index in [1.165, 1.54) is 64.7 Å². The largest absolute Gasteiger partial charge is 0.313 e. The molecule has 0 aromatic carbocycles. The minimum atomic E-state index is 0.840. The Morgan fingerprint density at radius 3 is 2.67 bits per heavy atom. The maximum atomic E-state index is 3.70. The van der Waals surface area contributed by atoms with Gasteiger partial charge in [0.1, 0.15) is 0 Å². The number of likely N-dealkylation sites (tertiary alicyclic amines) is 1. The van der Waals surface area contributed by atoms with Crippen LogP contribution in [0.15, 0.2) is 0 Å². The van der Waals surface area contributed by atoms with Crippen LogP contribution in [-0.4, -0.2) is 37.1 Å². The first kappa shape index (κ1) is 11.4. The highest BCUT2D eigenvalue weighted by atomic mass is 15.1. The second-order valence-corrected chi connectivity index (χ2v) is 5.48. The van der Waals surface area contributed by atoms with Crippen molar-refractivity contribution in [2.45, 2.75) is 51.5 Å². The molecule has 0 aromatic heterocycles. The molecular weight excluding hydrogens is 184 g/mol. The van der Waals surface area contributed by atoms with Crippen molar-refractivity contribution in [1.82, 2.24) is 10.2 Å². The molecule has 1 saturated heterocycles. The van der Waals surface area contributed by atoms with E-state index in [1.807, 2.05) is 0 Å². The topological polar surface area (TPSA) is 15.3 Å². The van der Waals surface area contributed by atoms with E-state index in [2.05, 4.69) is 17.1 Å². The third-order valence-corrected chi connectivity index (χ3v) is 3.96. The van der Waals surface area contributed by atoms with Crippen molar-refractivity contribution in [3.8, 4) is 0 Å². The molecule has 1 saturated carbocycles. The highest BCUT2D eigenvalue weighted by Gasteiger charge is 2.17. The van der Waals surface area contributed by atoms with Crippen LogP contribution in [0.5, 0.6) is 0 Å². The summed E-state index contributed by atoms with van der Waals surface area (Å²) in [4.78, 5) is 2.64. The lowest BCUT2D eigenvalue weighted by molar-refractivity contribution is 0.183. The molecule has 1 aliphatic carbocycles. The number of hydrogen-bond acceptors (Lipinski definition) is 2. The SMILES string of the molecule is CC1CCCN(CCNC2CCCC2)C1. The Labute approximate surface area is 94.4 Å². The predicted molar refractivity (Wildman–Crippen MR) is 65.1 cm³/mol. The number of hydrogen-bond donors (Lipinski definition) is 1. The van der Waals surface area contributed by atoms with E-state index in [-0.39, 0.29) is 0 Å². The molecule has 0 spiro atoms. The van der Waals surface area contributed by atoms with Gasteiger partial charge >= 0.3 is 0 Å². The standard InChI is InChI=1S/C13H26N2/c1-12-5-4-9-15(11-12)10-8-14-13-6-2-3-7-13/h12-14H,2-11H2,1H3. The lowest BCUT2D eigenvalue weighted by Crippen LogP contribution is -2.40. The Morgan fingerprint density at radius 2 is 1.93 bits per heavy atom. The van der Waals surface area contributed by atoms with Crippen LogP contribution >= 0.6 is 0 Å². The van der Waals surface area contributed by atoms with Gasteiger partial charge in [0.2, 0.25) is 0 Å². The van der Waals surface area contributed by atoms with Gasteiger partial charge in [-0.3, -0.25) is 0 Å². The lowest BCUT2D eigenvalue weighted by atomic mass is 10.0. The molecule has 0 amide bonds. The Balaban J connectivity index is 1.56. The Bertz CT molecular complexity index is 175. The van der Waals surface area contributed by atoms with Gasteiger partial charge in [0, 0.05) is 25.7 Å². The summed E-state index contributed by atoms with van der Waals surface area (Å²) in [5.41, 5.74) is 0. The summed E-state index contributed by atoms with van der Waals surface area (Å²) in [7, 11) is 0. The van der Waals surface area contributed by atoms with Crippen molar-refractivity contribution >= 4 is 0 Å². The van der Waals surface area contributed by atoms with Gasteiger partial charge in [0.25, 0.3) is 0 Å². The van der Waals surface area contributed by atoms with Gasteiger partial charge in [-0.05, 0) is 38.1 Å². The normalized spacial score (nSPS) is 29.8. The monoisotopic (exact) mass is 210 g/mol. The summed E-state index contributed by atoms with van der Waals surface area (Å²) in [6, 6.07) is 0.840. The van der Waals surface area contributed by atoms with E-state index in [9.17, 15) is 0 Å². The average molecular weight is 210 g/mol. The van der Waals surface area contributed by atoms with Crippen molar-refractivity contribution < 1.29 is 0 Å². The molecule has 2 nitrogen and oxygen atoms in total. The van der Waals surface area contributed by atoms with Gasteiger partial charge in [-0.15, -0.1) is 0 Å². The first-order valence-electron chi connectivity index (χ1n) is 6.80. The van der Waals surface area contributed by atoms with E-state index >= 15 is 0 Å². The molecule has 15 heavy (non-hydrogen) atoms. The lowest BCUT2D eigenvalue weighted by Gasteiger charge is -2.31. The number of piperidine rings is 1. The van der Waals surface area contributed by atoms with Crippen molar-refractivity contribution in [2.75, 3.05) is 26.2 Å². The molecule has 2 fully saturated rings. The van der Waals surface area contributed by atoms with Crippen molar-refractivity contribution in [2.24, 2.45) is 5.92 Å². The second kappa shape index (κ2) is 5.86. The minimum absolute atomic E-state index is 0.840. The molecule has 0 bridgehead atoms. The molecule has 88 valence electrons. The summed E-state index contributed by atoms with van der Waals surface area (Å²) in [6.45, 7) is 7.51. The summed E-state index contributed by atoms with van der Waals surface area (Å²) < 4.78 is 0. The molecule has 1 unspecified atom stereocenters. The molecular formula is C13H26N2. The first-order valence-corrected chi connectivity index (χ1v) is 6.80. The highest BCUT2D eigenvalue weighted by molar-refractivity contribution is 4.75. The maximum Gasteiger partial charge on any atom is 0.0107 e. The minimum Gasteiger partial charge on any atom is -0.313 e. The summed E-state index contributed by atoms with van der Waals surface area (Å²) in [6.07, 6.45) is 8.56. The summed E-state index contributed by atoms with van der Waals surface area (Å²) in [5, 5.41) is 3.70. The van der Waals surface area contributed by atoms with Crippen LogP contribution in [0.25, 0.3) is 0 Å². The third kappa shape index (κ3) is 3.76. The number of nitrogens with one attached hydrogen (secondary N) is 1. The summed E-state index contributed by atoms with van der Waals surface area (Å²) >= 11 is 0. The fourth-order valence-corrected chi connectivity index (χ4v) is 3.05. The zero-order valence-corrected chi connectivity index (χ0v) is 10.2. The molecule has 2 rings (SSSR count). The van der Waals surface area contributed by atoms with Crippen LogP contribution in [0.1, 0.15) is 45.4 Å². The van der Waals surface area contributed by atoms with Crippen LogP contribution < -0.4 is 5.32 Å². The Hall–Kier alpha value is -0.0800. The number of rotatable bonds is 4. The van der Waals surface area contributed by atoms with Crippen LogP contribution in [-0.2, 0) is 0 Å². The van der Waals surface area contributed by atoms with Gasteiger partial charge in [0.15, 0.2) is 0 Å². The molecule has 0 radical (unpaired) electrons. The van der Waals surface area contributed by atoms with Gasteiger partial charge in [-0.25, -0.2) is 0 Å². The predicted octanol–water partition coefficient (Wildman–Crippen LogP) is 2.25. The molecule has 1 N–H and O–H groups in total.